The van der Waals surface area contributed by atoms with Crippen molar-refractivity contribution >= 4 is 11.9 Å². The third-order valence-corrected chi connectivity index (χ3v) is 2.98. The van der Waals surface area contributed by atoms with Crippen LogP contribution in [0.4, 0.5) is 0 Å². The molecule has 6 nitrogen and oxygen atoms in total. The molecule has 2 rings (SSSR count). The molecule has 23 heavy (non-hydrogen) atoms. The van der Waals surface area contributed by atoms with Gasteiger partial charge < -0.3 is 25.5 Å². The van der Waals surface area contributed by atoms with Crippen LogP contribution in [0.3, 0.4) is 0 Å². The Kier molecular flexibility index (Phi) is 4.56. The fraction of sp³-hybridized carbons (Fsp3) is 0. The summed E-state index contributed by atoms with van der Waals surface area (Å²) in [6.45, 7) is 0. The highest BCUT2D eigenvalue weighted by molar-refractivity contribution is 6.02. The molecule has 1 aliphatic carbocycles. The molecule has 118 valence electrons. The SMILES string of the molecule is O=C1C=C(O)C(=CC=CC=Cc2c(O)cc(O)cc2O)C(O)=C1. The first-order valence-electron chi connectivity index (χ1n) is 6.54. The van der Waals surface area contributed by atoms with Crippen molar-refractivity contribution in [3.05, 3.63) is 71.2 Å². The van der Waals surface area contributed by atoms with Crippen molar-refractivity contribution < 1.29 is 30.3 Å². The van der Waals surface area contributed by atoms with E-state index in [0.717, 1.165) is 24.3 Å². The van der Waals surface area contributed by atoms with Crippen molar-refractivity contribution in [2.75, 3.05) is 0 Å². The molecule has 0 unspecified atom stereocenters. The monoisotopic (exact) mass is 314 g/mol. The standard InChI is InChI=1S/C17H14O6/c18-10-6-14(20)12(15(21)7-10)4-2-1-3-5-13-16(22)8-11(19)9-17(13)23/h1-9,18,20-23H. The van der Waals surface area contributed by atoms with Gasteiger partial charge in [-0.25, -0.2) is 0 Å². The van der Waals surface area contributed by atoms with Gasteiger partial charge in [0.05, 0.1) is 11.1 Å². The number of phenolic OH excluding ortho intramolecular Hbond substituents is 3. The number of ketones is 1. The summed E-state index contributed by atoms with van der Waals surface area (Å²) in [5, 5.41) is 47.6. The van der Waals surface area contributed by atoms with Gasteiger partial charge in [0.15, 0.2) is 5.78 Å². The van der Waals surface area contributed by atoms with Crippen LogP contribution in [0.1, 0.15) is 5.56 Å². The lowest BCUT2D eigenvalue weighted by Gasteiger charge is -2.08. The van der Waals surface area contributed by atoms with Crippen LogP contribution >= 0.6 is 0 Å². The van der Waals surface area contributed by atoms with Crippen molar-refractivity contribution in [3.8, 4) is 17.2 Å². The van der Waals surface area contributed by atoms with Gasteiger partial charge in [-0.05, 0) is 12.2 Å². The number of hydrogen-bond acceptors (Lipinski definition) is 6. The number of rotatable bonds is 3. The summed E-state index contributed by atoms with van der Waals surface area (Å²) in [4.78, 5) is 11.1. The number of hydrogen-bond donors (Lipinski definition) is 5. The number of allylic oxidation sites excluding steroid dienone is 6. The Balaban J connectivity index is 2.14. The largest absolute Gasteiger partial charge is 0.508 e. The predicted octanol–water partition coefficient (Wildman–Crippen LogP) is 2.77. The van der Waals surface area contributed by atoms with Crippen LogP contribution in [0.15, 0.2) is 65.7 Å². The van der Waals surface area contributed by atoms with E-state index in [9.17, 15) is 30.3 Å². The Bertz CT molecular complexity index is 746. The Hall–Kier alpha value is -3.41. The molecule has 0 saturated carbocycles. The van der Waals surface area contributed by atoms with Crippen molar-refractivity contribution in [2.24, 2.45) is 0 Å². The Morgan fingerprint density at radius 3 is 1.91 bits per heavy atom. The van der Waals surface area contributed by atoms with Crippen molar-refractivity contribution in [2.45, 2.75) is 0 Å². The maximum absolute atomic E-state index is 11.1. The third-order valence-electron chi connectivity index (χ3n) is 2.98. The first-order chi connectivity index (χ1) is 10.9. The smallest absolute Gasteiger partial charge is 0.186 e. The van der Waals surface area contributed by atoms with E-state index in [4.69, 9.17) is 0 Å². The average molecular weight is 314 g/mol. The van der Waals surface area contributed by atoms with Gasteiger partial charge in [-0.2, -0.15) is 0 Å². The van der Waals surface area contributed by atoms with Crippen LogP contribution in [0, 0.1) is 0 Å². The molecule has 0 aromatic heterocycles. The van der Waals surface area contributed by atoms with Gasteiger partial charge in [0, 0.05) is 24.3 Å². The number of aliphatic hydroxyl groups excluding tert-OH is 2. The van der Waals surface area contributed by atoms with E-state index in [2.05, 4.69) is 0 Å². The Labute approximate surface area is 131 Å². The molecular weight excluding hydrogens is 300 g/mol. The van der Waals surface area contributed by atoms with Gasteiger partial charge in [0.2, 0.25) is 0 Å². The zero-order chi connectivity index (χ0) is 17.0. The Morgan fingerprint density at radius 2 is 1.35 bits per heavy atom. The molecule has 0 atom stereocenters. The molecule has 0 amide bonds. The summed E-state index contributed by atoms with van der Waals surface area (Å²) in [5.74, 6) is -1.99. The number of phenols is 3. The molecule has 0 spiro atoms. The van der Waals surface area contributed by atoms with E-state index in [-0.39, 0.29) is 39.9 Å². The van der Waals surface area contributed by atoms with E-state index in [1.165, 1.54) is 30.4 Å². The lowest BCUT2D eigenvalue weighted by Crippen LogP contribution is -2.04. The zero-order valence-electron chi connectivity index (χ0n) is 11.8. The van der Waals surface area contributed by atoms with Gasteiger partial charge in [0.1, 0.15) is 28.8 Å². The fourth-order valence-corrected chi connectivity index (χ4v) is 1.92. The molecule has 0 heterocycles. The van der Waals surface area contributed by atoms with E-state index in [0.29, 0.717) is 0 Å². The van der Waals surface area contributed by atoms with Crippen LogP contribution < -0.4 is 0 Å². The summed E-state index contributed by atoms with van der Waals surface area (Å²) in [6, 6.07) is 2.19. The maximum Gasteiger partial charge on any atom is 0.186 e. The second kappa shape index (κ2) is 6.57. The van der Waals surface area contributed by atoms with Gasteiger partial charge in [-0.1, -0.05) is 18.2 Å². The maximum atomic E-state index is 11.1. The molecule has 0 bridgehead atoms. The number of carbonyl (C=O) groups is 1. The normalized spacial score (nSPS) is 15.1. The second-order valence-electron chi connectivity index (χ2n) is 4.68. The van der Waals surface area contributed by atoms with Gasteiger partial charge in [0.25, 0.3) is 0 Å². The van der Waals surface area contributed by atoms with Crippen molar-refractivity contribution in [1.29, 1.82) is 0 Å². The number of aliphatic hydroxyl groups is 2. The minimum Gasteiger partial charge on any atom is -0.508 e. The molecule has 5 N–H and O–H groups in total. The van der Waals surface area contributed by atoms with Crippen LogP contribution in [-0.2, 0) is 4.79 Å². The summed E-state index contributed by atoms with van der Waals surface area (Å²) in [6.07, 6.45) is 9.29. The van der Waals surface area contributed by atoms with E-state index >= 15 is 0 Å². The van der Waals surface area contributed by atoms with Crippen molar-refractivity contribution in [1.82, 2.24) is 0 Å². The topological polar surface area (TPSA) is 118 Å². The highest BCUT2D eigenvalue weighted by Crippen LogP contribution is 2.32. The highest BCUT2D eigenvalue weighted by atomic mass is 16.3. The molecular formula is C17H14O6. The molecule has 0 aliphatic heterocycles. The number of benzene rings is 1. The second-order valence-corrected chi connectivity index (χ2v) is 4.68. The number of aromatic hydroxyl groups is 3. The Morgan fingerprint density at radius 1 is 0.783 bits per heavy atom. The fourth-order valence-electron chi connectivity index (χ4n) is 1.92. The third kappa shape index (κ3) is 3.82. The quantitative estimate of drug-likeness (QED) is 0.547. The summed E-state index contributed by atoms with van der Waals surface area (Å²) >= 11 is 0. The minimum absolute atomic E-state index is 0.101. The molecule has 1 aromatic carbocycles. The highest BCUT2D eigenvalue weighted by Gasteiger charge is 2.15. The zero-order valence-corrected chi connectivity index (χ0v) is 11.8. The van der Waals surface area contributed by atoms with E-state index in [1.54, 1.807) is 0 Å². The van der Waals surface area contributed by atoms with Crippen LogP contribution in [0.2, 0.25) is 0 Å². The summed E-state index contributed by atoms with van der Waals surface area (Å²) < 4.78 is 0. The molecule has 1 aliphatic rings. The number of carbonyl (C=O) groups excluding carboxylic acids is 1. The van der Waals surface area contributed by atoms with E-state index in [1.807, 2.05) is 0 Å². The molecule has 1 aromatic rings. The van der Waals surface area contributed by atoms with Gasteiger partial charge in [-0.15, -0.1) is 0 Å². The molecule has 6 heteroatoms. The summed E-state index contributed by atoms with van der Waals surface area (Å²) in [7, 11) is 0. The van der Waals surface area contributed by atoms with Gasteiger partial charge >= 0.3 is 0 Å². The van der Waals surface area contributed by atoms with Crippen LogP contribution in [0.25, 0.3) is 6.08 Å². The molecule has 0 radical (unpaired) electrons. The average Bonchev–Trinajstić information content (AvgIpc) is 2.42. The van der Waals surface area contributed by atoms with Crippen LogP contribution in [0.5, 0.6) is 17.2 Å². The minimum atomic E-state index is -0.501. The molecule has 0 saturated heterocycles. The first kappa shape index (κ1) is 16.0. The lowest BCUT2D eigenvalue weighted by molar-refractivity contribution is -0.110. The summed E-state index contributed by atoms with van der Waals surface area (Å²) in [5.41, 5.74) is 0.235. The van der Waals surface area contributed by atoms with Crippen LogP contribution in [-0.4, -0.2) is 31.3 Å². The van der Waals surface area contributed by atoms with Crippen molar-refractivity contribution in [3.63, 3.8) is 0 Å². The van der Waals surface area contributed by atoms with E-state index < -0.39 is 5.78 Å². The van der Waals surface area contributed by atoms with Gasteiger partial charge in [-0.3, -0.25) is 4.79 Å². The lowest BCUT2D eigenvalue weighted by atomic mass is 10.0. The molecule has 0 fully saturated rings. The predicted molar refractivity (Wildman–Crippen MR) is 84.1 cm³/mol. The first-order valence-corrected chi connectivity index (χ1v) is 6.54.